The van der Waals surface area contributed by atoms with E-state index < -0.39 is 12.1 Å². The molecule has 1 fully saturated rings. The van der Waals surface area contributed by atoms with Crippen LogP contribution in [0.4, 0.5) is 0 Å². The molecule has 0 bridgehead atoms. The van der Waals surface area contributed by atoms with Crippen LogP contribution < -0.4 is 10.6 Å². The van der Waals surface area contributed by atoms with Gasteiger partial charge in [-0.1, -0.05) is 55.7 Å². The quantitative estimate of drug-likeness (QED) is 0.374. The van der Waals surface area contributed by atoms with Gasteiger partial charge >= 0.3 is 0 Å². The first kappa shape index (κ1) is 24.6. The molecule has 1 aromatic rings. The summed E-state index contributed by atoms with van der Waals surface area (Å²) >= 11 is 0. The van der Waals surface area contributed by atoms with E-state index in [0.29, 0.717) is 25.8 Å². The van der Waals surface area contributed by atoms with Crippen LogP contribution in [-0.4, -0.2) is 48.3 Å². The van der Waals surface area contributed by atoms with Crippen molar-refractivity contribution in [3.63, 3.8) is 0 Å². The molecule has 0 radical (unpaired) electrons. The summed E-state index contributed by atoms with van der Waals surface area (Å²) in [6.45, 7) is 4.38. The smallest absolute Gasteiger partial charge is 0.243 e. The van der Waals surface area contributed by atoms with E-state index >= 15 is 0 Å². The van der Waals surface area contributed by atoms with Crippen LogP contribution in [0, 0.1) is 0 Å². The summed E-state index contributed by atoms with van der Waals surface area (Å²) in [6.07, 6.45) is 10.5. The lowest BCUT2D eigenvalue weighted by Crippen LogP contribution is -2.56. The molecule has 0 aromatic heterocycles. The maximum atomic E-state index is 13.1. The Hall–Kier alpha value is -2.63. The van der Waals surface area contributed by atoms with Crippen molar-refractivity contribution < 1.29 is 14.4 Å². The monoisotopic (exact) mass is 427 g/mol. The van der Waals surface area contributed by atoms with Crippen molar-refractivity contribution in [1.29, 1.82) is 0 Å². The Morgan fingerprint density at radius 1 is 1.19 bits per heavy atom. The summed E-state index contributed by atoms with van der Waals surface area (Å²) in [5.41, 5.74) is 0.984. The van der Waals surface area contributed by atoms with Crippen molar-refractivity contribution in [2.24, 2.45) is 0 Å². The summed E-state index contributed by atoms with van der Waals surface area (Å²) < 4.78 is 0. The summed E-state index contributed by atoms with van der Waals surface area (Å²) in [7, 11) is 1.69. The predicted octanol–water partition coefficient (Wildman–Crippen LogP) is 3.37. The molecule has 0 aliphatic carbocycles. The molecule has 2 rings (SSSR count). The number of likely N-dealkylation sites (N-methyl/N-ethyl adjacent to an activating group) is 1. The number of allylic oxidation sites excluding steroid dienone is 1. The normalized spacial score (nSPS) is 16.8. The second-order valence-electron chi connectivity index (χ2n) is 8.30. The van der Waals surface area contributed by atoms with E-state index in [9.17, 15) is 14.4 Å². The lowest BCUT2D eigenvalue weighted by Gasteiger charge is -2.30. The minimum atomic E-state index is -0.641. The van der Waals surface area contributed by atoms with Crippen LogP contribution in [0.3, 0.4) is 0 Å². The molecule has 0 spiro atoms. The molecule has 6 nitrogen and oxygen atoms in total. The van der Waals surface area contributed by atoms with Crippen LogP contribution >= 0.6 is 0 Å². The summed E-state index contributed by atoms with van der Waals surface area (Å²) in [5, 5.41) is 5.66. The third kappa shape index (κ3) is 8.56. The second kappa shape index (κ2) is 13.6. The number of unbranched alkanes of at least 4 members (excludes halogenated alkanes) is 5. The highest BCUT2D eigenvalue weighted by Crippen LogP contribution is 2.14. The first-order valence-corrected chi connectivity index (χ1v) is 11.5. The van der Waals surface area contributed by atoms with Gasteiger partial charge in [-0.25, -0.2) is 0 Å². The Balaban J connectivity index is 1.94. The van der Waals surface area contributed by atoms with Gasteiger partial charge < -0.3 is 15.5 Å². The molecular weight excluding hydrogens is 390 g/mol. The number of benzene rings is 1. The van der Waals surface area contributed by atoms with E-state index in [0.717, 1.165) is 50.5 Å². The topological polar surface area (TPSA) is 78.5 Å². The van der Waals surface area contributed by atoms with Gasteiger partial charge in [0, 0.05) is 26.4 Å². The molecule has 3 amide bonds. The number of piperidine rings is 1. The zero-order valence-electron chi connectivity index (χ0n) is 18.8. The molecule has 1 saturated heterocycles. The molecule has 0 unspecified atom stereocenters. The fourth-order valence-corrected chi connectivity index (χ4v) is 3.87. The Labute approximate surface area is 186 Å². The van der Waals surface area contributed by atoms with Gasteiger partial charge in [0.2, 0.25) is 17.7 Å². The molecule has 0 saturated carbocycles. The third-order valence-electron chi connectivity index (χ3n) is 5.84. The number of amides is 3. The minimum Gasteiger partial charge on any atom is -0.354 e. The Morgan fingerprint density at radius 2 is 1.90 bits per heavy atom. The molecule has 2 atom stereocenters. The molecule has 2 N–H and O–H groups in total. The number of nitrogens with zero attached hydrogens (tertiary/aromatic N) is 1. The van der Waals surface area contributed by atoms with Gasteiger partial charge in [-0.05, 0) is 37.7 Å². The molecule has 1 aliphatic heterocycles. The lowest BCUT2D eigenvalue weighted by atomic mass is 10.0. The van der Waals surface area contributed by atoms with Crippen LogP contribution in [-0.2, 0) is 20.8 Å². The van der Waals surface area contributed by atoms with Gasteiger partial charge in [-0.15, -0.1) is 6.58 Å². The maximum absolute atomic E-state index is 13.1. The summed E-state index contributed by atoms with van der Waals surface area (Å²) in [4.78, 5) is 39.5. The van der Waals surface area contributed by atoms with E-state index in [1.54, 1.807) is 11.9 Å². The van der Waals surface area contributed by atoms with Gasteiger partial charge in [0.15, 0.2) is 0 Å². The van der Waals surface area contributed by atoms with E-state index in [1.807, 2.05) is 36.4 Å². The fourth-order valence-electron chi connectivity index (χ4n) is 3.87. The molecular formula is C25H37N3O3. The molecule has 31 heavy (non-hydrogen) atoms. The third-order valence-corrected chi connectivity index (χ3v) is 5.84. The summed E-state index contributed by atoms with van der Waals surface area (Å²) in [5.74, 6) is -0.454. The van der Waals surface area contributed by atoms with Gasteiger partial charge in [0.05, 0.1) is 0 Å². The first-order valence-electron chi connectivity index (χ1n) is 11.5. The van der Waals surface area contributed by atoms with E-state index in [4.69, 9.17) is 0 Å². The van der Waals surface area contributed by atoms with Crippen LogP contribution in [0.5, 0.6) is 0 Å². The Morgan fingerprint density at radius 3 is 2.61 bits per heavy atom. The van der Waals surface area contributed by atoms with Crippen LogP contribution in [0.25, 0.3) is 0 Å². The molecule has 1 aromatic carbocycles. The lowest BCUT2D eigenvalue weighted by molar-refractivity contribution is -0.140. The van der Waals surface area contributed by atoms with Crippen molar-refractivity contribution in [2.45, 2.75) is 76.3 Å². The average Bonchev–Trinajstić information content (AvgIpc) is 2.78. The second-order valence-corrected chi connectivity index (χ2v) is 8.30. The van der Waals surface area contributed by atoms with Crippen LogP contribution in [0.1, 0.15) is 63.4 Å². The Kier molecular flexibility index (Phi) is 10.8. The number of hydrogen-bond acceptors (Lipinski definition) is 3. The molecule has 6 heteroatoms. The van der Waals surface area contributed by atoms with E-state index in [-0.39, 0.29) is 17.7 Å². The standard InChI is InChI=1S/C25H37N3O3/c1-3-4-5-6-7-8-12-17-23(29)28(2)22(19-20-14-10-9-11-15-20)25(31)27-21-16-13-18-26-24(21)30/h3,9-11,14-15,21-22H,1,4-8,12-13,16-19H2,2H3,(H,26,30)(H,27,31)/t21-,22+/m1/s1. The number of hydrogen-bond donors (Lipinski definition) is 2. The minimum absolute atomic E-state index is 0.0322. The van der Waals surface area contributed by atoms with Crippen LogP contribution in [0.2, 0.25) is 0 Å². The van der Waals surface area contributed by atoms with Gasteiger partial charge in [0.1, 0.15) is 12.1 Å². The van der Waals surface area contributed by atoms with Crippen molar-refractivity contribution in [1.82, 2.24) is 15.5 Å². The zero-order chi connectivity index (χ0) is 22.5. The van der Waals surface area contributed by atoms with Gasteiger partial charge in [-0.2, -0.15) is 0 Å². The predicted molar refractivity (Wildman–Crippen MR) is 123 cm³/mol. The number of nitrogens with one attached hydrogen (secondary N) is 2. The number of rotatable bonds is 13. The summed E-state index contributed by atoms with van der Waals surface area (Å²) in [6, 6.07) is 8.51. The van der Waals surface area contributed by atoms with E-state index in [2.05, 4.69) is 17.2 Å². The highest BCUT2D eigenvalue weighted by molar-refractivity contribution is 5.92. The van der Waals surface area contributed by atoms with Crippen LogP contribution in [0.15, 0.2) is 43.0 Å². The van der Waals surface area contributed by atoms with Gasteiger partial charge in [0.25, 0.3) is 0 Å². The molecule has 170 valence electrons. The number of carbonyl (C=O) groups excluding carboxylic acids is 3. The highest BCUT2D eigenvalue weighted by atomic mass is 16.2. The zero-order valence-corrected chi connectivity index (χ0v) is 18.8. The molecule has 1 heterocycles. The fraction of sp³-hybridized carbons (Fsp3) is 0.560. The maximum Gasteiger partial charge on any atom is 0.243 e. The van der Waals surface area contributed by atoms with E-state index in [1.165, 1.54) is 0 Å². The van der Waals surface area contributed by atoms with Crippen molar-refractivity contribution >= 4 is 17.7 Å². The Bertz CT molecular complexity index is 720. The average molecular weight is 428 g/mol. The molecule has 1 aliphatic rings. The number of carbonyl (C=O) groups is 3. The first-order chi connectivity index (χ1) is 15.0. The van der Waals surface area contributed by atoms with Crippen molar-refractivity contribution in [3.05, 3.63) is 48.6 Å². The van der Waals surface area contributed by atoms with Crippen molar-refractivity contribution in [3.8, 4) is 0 Å². The largest absolute Gasteiger partial charge is 0.354 e. The van der Waals surface area contributed by atoms with Crippen molar-refractivity contribution in [2.75, 3.05) is 13.6 Å². The highest BCUT2D eigenvalue weighted by Gasteiger charge is 2.31. The SMILES string of the molecule is C=CCCCCCCCC(=O)N(C)[C@@H](Cc1ccccc1)C(=O)N[C@@H]1CCCNC1=O. The van der Waals surface area contributed by atoms with Gasteiger partial charge in [-0.3, -0.25) is 14.4 Å².